The van der Waals surface area contributed by atoms with Crippen LogP contribution in [0.15, 0.2) is 41.0 Å². The molecule has 126 valence electrons. The van der Waals surface area contributed by atoms with Gasteiger partial charge in [-0.1, -0.05) is 15.9 Å². The molecular weight excluding hydrogens is 392 g/mol. The van der Waals surface area contributed by atoms with Crippen molar-refractivity contribution in [2.45, 2.75) is 5.37 Å². The lowest BCUT2D eigenvalue weighted by molar-refractivity contribution is 0.0759. The van der Waals surface area contributed by atoms with Crippen LogP contribution in [0.5, 0.6) is 11.6 Å². The summed E-state index contributed by atoms with van der Waals surface area (Å²) in [6, 6.07) is 9.29. The van der Waals surface area contributed by atoms with Gasteiger partial charge < -0.3 is 14.4 Å². The van der Waals surface area contributed by atoms with Crippen LogP contribution in [0.4, 0.5) is 0 Å². The van der Waals surface area contributed by atoms with E-state index in [1.807, 2.05) is 23.1 Å². The number of hydrogen-bond donors (Lipinski definition) is 0. The number of thioether (sulfide) groups is 1. The number of rotatable bonds is 4. The first kappa shape index (κ1) is 17.1. The standard InChI is InChI=1S/C17H17BrN2O3S/c1-22-14-5-4-12(18)9-13(14)17-20(7-8-24-17)16(21)11-3-6-15(23-2)19-10-11/h3-6,9-10,17H,7-8H2,1-2H3. The molecule has 7 heteroatoms. The lowest BCUT2D eigenvalue weighted by Gasteiger charge is -2.25. The smallest absolute Gasteiger partial charge is 0.256 e. The zero-order valence-electron chi connectivity index (χ0n) is 13.4. The number of hydrogen-bond acceptors (Lipinski definition) is 5. The van der Waals surface area contributed by atoms with E-state index in [1.54, 1.807) is 44.3 Å². The second-order valence-corrected chi connectivity index (χ2v) is 7.30. The number of benzene rings is 1. The van der Waals surface area contributed by atoms with Crippen LogP contribution < -0.4 is 9.47 Å². The molecule has 1 amide bonds. The summed E-state index contributed by atoms with van der Waals surface area (Å²) < 4.78 is 11.5. The Balaban J connectivity index is 1.90. The summed E-state index contributed by atoms with van der Waals surface area (Å²) in [4.78, 5) is 18.9. The minimum atomic E-state index is -0.0768. The number of methoxy groups -OCH3 is 2. The Morgan fingerprint density at radius 3 is 2.79 bits per heavy atom. The van der Waals surface area contributed by atoms with Gasteiger partial charge in [0.1, 0.15) is 11.1 Å². The third kappa shape index (κ3) is 3.37. The fourth-order valence-corrected chi connectivity index (χ4v) is 4.28. The van der Waals surface area contributed by atoms with Gasteiger partial charge in [-0.05, 0) is 24.3 Å². The van der Waals surface area contributed by atoms with Crippen LogP contribution in [-0.2, 0) is 0 Å². The van der Waals surface area contributed by atoms with Gasteiger partial charge >= 0.3 is 0 Å². The van der Waals surface area contributed by atoms with Crippen LogP contribution in [0.3, 0.4) is 0 Å². The summed E-state index contributed by atoms with van der Waals surface area (Å²) >= 11 is 5.23. The quantitative estimate of drug-likeness (QED) is 0.770. The molecule has 3 rings (SSSR count). The van der Waals surface area contributed by atoms with E-state index in [2.05, 4.69) is 20.9 Å². The largest absolute Gasteiger partial charge is 0.496 e. The number of pyridine rings is 1. The van der Waals surface area contributed by atoms with E-state index in [0.29, 0.717) is 18.0 Å². The molecular formula is C17H17BrN2O3S. The van der Waals surface area contributed by atoms with Gasteiger partial charge in [-0.2, -0.15) is 0 Å². The molecule has 0 N–H and O–H groups in total. The molecule has 5 nitrogen and oxygen atoms in total. The molecule has 24 heavy (non-hydrogen) atoms. The van der Waals surface area contributed by atoms with Gasteiger partial charge in [0.05, 0.1) is 19.8 Å². The average molecular weight is 409 g/mol. The van der Waals surface area contributed by atoms with Crippen molar-refractivity contribution in [1.29, 1.82) is 0 Å². The highest BCUT2D eigenvalue weighted by Crippen LogP contribution is 2.43. The summed E-state index contributed by atoms with van der Waals surface area (Å²) in [6.45, 7) is 0.690. The second kappa shape index (κ2) is 7.44. The topological polar surface area (TPSA) is 51.7 Å². The maximum Gasteiger partial charge on any atom is 0.256 e. The summed E-state index contributed by atoms with van der Waals surface area (Å²) in [5, 5.41) is -0.0768. The van der Waals surface area contributed by atoms with Crippen molar-refractivity contribution in [2.24, 2.45) is 0 Å². The van der Waals surface area contributed by atoms with Crippen molar-refractivity contribution >= 4 is 33.6 Å². The van der Waals surface area contributed by atoms with Crippen molar-refractivity contribution < 1.29 is 14.3 Å². The number of aromatic nitrogens is 1. The van der Waals surface area contributed by atoms with Gasteiger partial charge in [-0.25, -0.2) is 4.98 Å². The van der Waals surface area contributed by atoms with E-state index in [0.717, 1.165) is 21.5 Å². The molecule has 0 radical (unpaired) electrons. The molecule has 0 spiro atoms. The molecule has 2 heterocycles. The minimum Gasteiger partial charge on any atom is -0.496 e. The normalized spacial score (nSPS) is 17.0. The fraction of sp³-hybridized carbons (Fsp3) is 0.294. The van der Waals surface area contributed by atoms with Crippen molar-refractivity contribution in [3.05, 3.63) is 52.1 Å². The highest BCUT2D eigenvalue weighted by atomic mass is 79.9. The van der Waals surface area contributed by atoms with E-state index in [4.69, 9.17) is 9.47 Å². The summed E-state index contributed by atoms with van der Waals surface area (Å²) in [7, 11) is 3.20. The zero-order chi connectivity index (χ0) is 17.1. The number of halogens is 1. The molecule has 1 atom stereocenters. The van der Waals surface area contributed by atoms with Crippen LogP contribution in [0.1, 0.15) is 21.3 Å². The summed E-state index contributed by atoms with van der Waals surface area (Å²) in [5.74, 6) is 2.12. The number of carbonyl (C=O) groups excluding carboxylic acids is 1. The van der Waals surface area contributed by atoms with Crippen LogP contribution in [-0.4, -0.2) is 42.3 Å². The maximum absolute atomic E-state index is 12.9. The predicted octanol–water partition coefficient (Wildman–Crippen LogP) is 3.75. The van der Waals surface area contributed by atoms with Crippen LogP contribution in [0.2, 0.25) is 0 Å². The number of amides is 1. The number of nitrogens with zero attached hydrogens (tertiary/aromatic N) is 2. The maximum atomic E-state index is 12.9. The summed E-state index contributed by atoms with van der Waals surface area (Å²) in [6.07, 6.45) is 1.55. The Morgan fingerprint density at radius 2 is 2.12 bits per heavy atom. The first-order valence-corrected chi connectivity index (χ1v) is 9.24. The van der Waals surface area contributed by atoms with Crippen LogP contribution in [0.25, 0.3) is 0 Å². The van der Waals surface area contributed by atoms with E-state index in [1.165, 1.54) is 0 Å². The van der Waals surface area contributed by atoms with Crippen LogP contribution in [0, 0.1) is 0 Å². The molecule has 0 aliphatic carbocycles. The SMILES string of the molecule is COc1ccc(C(=O)N2CCSC2c2cc(Br)ccc2OC)cn1. The van der Waals surface area contributed by atoms with E-state index in [-0.39, 0.29) is 11.3 Å². The van der Waals surface area contributed by atoms with Crippen molar-refractivity contribution in [3.8, 4) is 11.6 Å². The lowest BCUT2D eigenvalue weighted by Crippen LogP contribution is -2.30. The lowest BCUT2D eigenvalue weighted by atomic mass is 10.1. The average Bonchev–Trinajstić information content (AvgIpc) is 3.10. The van der Waals surface area contributed by atoms with Crippen molar-refractivity contribution in [1.82, 2.24) is 9.88 Å². The Morgan fingerprint density at radius 1 is 1.29 bits per heavy atom. The first-order valence-electron chi connectivity index (χ1n) is 7.40. The van der Waals surface area contributed by atoms with Gasteiger partial charge in [-0.3, -0.25) is 4.79 Å². The van der Waals surface area contributed by atoms with Crippen LogP contribution >= 0.6 is 27.7 Å². The van der Waals surface area contributed by atoms with E-state index >= 15 is 0 Å². The Kier molecular flexibility index (Phi) is 5.30. The van der Waals surface area contributed by atoms with Gasteiger partial charge in [0.15, 0.2) is 0 Å². The fourth-order valence-electron chi connectivity index (χ4n) is 2.63. The Labute approximate surface area is 153 Å². The zero-order valence-corrected chi connectivity index (χ0v) is 15.8. The first-order chi connectivity index (χ1) is 11.6. The monoisotopic (exact) mass is 408 g/mol. The van der Waals surface area contributed by atoms with Crippen molar-refractivity contribution in [3.63, 3.8) is 0 Å². The third-order valence-electron chi connectivity index (χ3n) is 3.80. The molecule has 1 aliphatic rings. The molecule has 1 fully saturated rings. The van der Waals surface area contributed by atoms with Gasteiger partial charge in [0.2, 0.25) is 5.88 Å². The molecule has 1 aliphatic heterocycles. The third-order valence-corrected chi connectivity index (χ3v) is 5.54. The van der Waals surface area contributed by atoms with Gasteiger partial charge in [0.25, 0.3) is 5.91 Å². The van der Waals surface area contributed by atoms with E-state index in [9.17, 15) is 4.79 Å². The molecule has 1 saturated heterocycles. The predicted molar refractivity (Wildman–Crippen MR) is 97.7 cm³/mol. The van der Waals surface area contributed by atoms with Crippen molar-refractivity contribution in [2.75, 3.05) is 26.5 Å². The molecule has 0 saturated carbocycles. The highest BCUT2D eigenvalue weighted by Gasteiger charge is 2.33. The molecule has 1 unspecified atom stereocenters. The second-order valence-electron chi connectivity index (χ2n) is 5.20. The van der Waals surface area contributed by atoms with Gasteiger partial charge in [0, 0.05) is 34.6 Å². The highest BCUT2D eigenvalue weighted by molar-refractivity contribution is 9.10. The number of ether oxygens (including phenoxy) is 2. The minimum absolute atomic E-state index is 0.0396. The Bertz CT molecular complexity index is 739. The molecule has 1 aromatic carbocycles. The molecule has 2 aromatic rings. The molecule has 0 bridgehead atoms. The van der Waals surface area contributed by atoms with E-state index < -0.39 is 0 Å². The molecule has 1 aromatic heterocycles. The Hall–Kier alpha value is -1.73. The van der Waals surface area contributed by atoms with Gasteiger partial charge in [-0.15, -0.1) is 11.8 Å². The summed E-state index contributed by atoms with van der Waals surface area (Å²) in [5.41, 5.74) is 1.54. The number of carbonyl (C=O) groups is 1.